The van der Waals surface area contributed by atoms with Gasteiger partial charge in [0, 0.05) is 0 Å². The van der Waals surface area contributed by atoms with Crippen LogP contribution in [0, 0.1) is 0 Å². The van der Waals surface area contributed by atoms with Crippen molar-refractivity contribution < 1.29 is 14.6 Å². The molecule has 3 nitrogen and oxygen atoms in total. The third-order valence-electron chi connectivity index (χ3n) is 1.71. The van der Waals surface area contributed by atoms with Gasteiger partial charge in [-0.3, -0.25) is 0 Å². The molecule has 0 amide bonds. The first-order chi connectivity index (χ1) is 7.77. The summed E-state index contributed by atoms with van der Waals surface area (Å²) in [6.45, 7) is 1.23. The normalized spacial score (nSPS) is 11.7. The van der Waals surface area contributed by atoms with E-state index in [1.54, 1.807) is 0 Å². The van der Waals surface area contributed by atoms with Gasteiger partial charge >= 0.3 is 43.7 Å². The molecule has 18 heavy (non-hydrogen) atoms. The summed E-state index contributed by atoms with van der Waals surface area (Å²) in [6, 6.07) is 0. The van der Waals surface area contributed by atoms with Crippen molar-refractivity contribution in [2.45, 2.75) is 13.0 Å². The average molecular weight is 380 g/mol. The van der Waals surface area contributed by atoms with E-state index in [4.69, 9.17) is 67.8 Å². The summed E-state index contributed by atoms with van der Waals surface area (Å²) in [7, 11) is 0. The van der Waals surface area contributed by atoms with E-state index >= 15 is 0 Å². The number of hydrogen-bond donors (Lipinski definition) is 1. The van der Waals surface area contributed by atoms with E-state index in [1.165, 1.54) is 6.92 Å². The van der Waals surface area contributed by atoms with Gasteiger partial charge in [0.25, 0.3) is 0 Å². The van der Waals surface area contributed by atoms with E-state index in [1.807, 2.05) is 0 Å². The molecule has 9 heteroatoms. The van der Waals surface area contributed by atoms with Crippen LogP contribution in [0.2, 0.25) is 25.1 Å². The van der Waals surface area contributed by atoms with Gasteiger partial charge in [0.15, 0.2) is 5.75 Å². The molecule has 0 radical (unpaired) electrons. The summed E-state index contributed by atoms with van der Waals surface area (Å²) in [6.07, 6.45) is -1.34. The van der Waals surface area contributed by atoms with Crippen LogP contribution in [0.5, 0.6) is 5.75 Å². The Morgan fingerprint density at radius 3 is 1.67 bits per heavy atom. The maximum absolute atomic E-state index is 11.2. The Labute approximate surface area is 158 Å². The van der Waals surface area contributed by atoms with Crippen molar-refractivity contribution in [2.24, 2.45) is 0 Å². The van der Waals surface area contributed by atoms with Gasteiger partial charge in [0.2, 0.25) is 0 Å². The third-order valence-corrected chi connectivity index (χ3v) is 3.96. The van der Waals surface area contributed by atoms with Crippen LogP contribution in [0.25, 0.3) is 0 Å². The van der Waals surface area contributed by atoms with Crippen molar-refractivity contribution in [2.75, 3.05) is 0 Å². The van der Waals surface area contributed by atoms with E-state index in [0.29, 0.717) is 0 Å². The van der Waals surface area contributed by atoms with E-state index in [-0.39, 0.29) is 68.6 Å². The number of ether oxygens (including phenoxy) is 1. The Balaban J connectivity index is 0.00000289. The molecule has 0 aromatic heterocycles. The standard InChI is InChI=1S/C9H5Cl5O3.Ca.2H/c1-2(15)9(16)17-8-6(13)4(11)3(10)5(12)7(8)14;;;/h2,15H,1H3;;;. The minimum absolute atomic E-state index is 0. The van der Waals surface area contributed by atoms with E-state index in [2.05, 4.69) is 0 Å². The van der Waals surface area contributed by atoms with Crippen LogP contribution in [-0.4, -0.2) is 54.9 Å². The average Bonchev–Trinajstić information content (AvgIpc) is 2.29. The van der Waals surface area contributed by atoms with Crippen molar-refractivity contribution >= 4 is 102 Å². The molecular weight excluding hydrogens is 373 g/mol. The second-order valence-corrected chi connectivity index (χ2v) is 4.89. The molecule has 0 bridgehead atoms. The summed E-state index contributed by atoms with van der Waals surface area (Å²) in [5, 5.41) is 8.48. The number of halogens is 5. The van der Waals surface area contributed by atoms with Gasteiger partial charge in [0.05, 0.1) is 15.1 Å². The minimum atomic E-state index is -1.34. The van der Waals surface area contributed by atoms with Crippen LogP contribution in [0.3, 0.4) is 0 Å². The van der Waals surface area contributed by atoms with Crippen molar-refractivity contribution in [3.8, 4) is 5.75 Å². The molecular formula is C9H7CaCl5O3. The molecule has 0 saturated heterocycles. The Morgan fingerprint density at radius 2 is 1.33 bits per heavy atom. The van der Waals surface area contributed by atoms with Crippen LogP contribution in [0.15, 0.2) is 0 Å². The van der Waals surface area contributed by atoms with E-state index in [0.717, 1.165) is 0 Å². The summed E-state index contributed by atoms with van der Waals surface area (Å²) >= 11 is 28.9. The number of rotatable bonds is 2. The molecule has 0 aliphatic rings. The van der Waals surface area contributed by atoms with Crippen LogP contribution in [0.1, 0.15) is 6.92 Å². The summed E-state index contributed by atoms with van der Waals surface area (Å²) < 4.78 is 4.77. The fraction of sp³-hybridized carbons (Fsp3) is 0.222. The van der Waals surface area contributed by atoms with Gasteiger partial charge < -0.3 is 9.84 Å². The van der Waals surface area contributed by atoms with Gasteiger partial charge in [-0.05, 0) is 6.92 Å². The topological polar surface area (TPSA) is 46.5 Å². The molecule has 0 heterocycles. The van der Waals surface area contributed by atoms with Gasteiger partial charge in [-0.25, -0.2) is 4.79 Å². The molecule has 1 aromatic carbocycles. The van der Waals surface area contributed by atoms with Crippen LogP contribution < -0.4 is 4.74 Å². The molecule has 1 atom stereocenters. The van der Waals surface area contributed by atoms with Crippen molar-refractivity contribution in [3.63, 3.8) is 0 Å². The molecule has 1 unspecified atom stereocenters. The second kappa shape index (κ2) is 7.96. The second-order valence-electron chi connectivity index (χ2n) is 3.00. The Kier molecular flexibility index (Phi) is 8.56. The molecule has 0 aliphatic heterocycles. The number of carbonyl (C=O) groups excluding carboxylic acids is 1. The SMILES string of the molecule is CC(O)C(=O)Oc1c(Cl)c(Cl)c(Cl)c(Cl)c1Cl.[CaH2]. The van der Waals surface area contributed by atoms with Gasteiger partial charge in [-0.15, -0.1) is 0 Å². The zero-order valence-electron chi connectivity index (χ0n) is 8.23. The molecule has 0 spiro atoms. The Bertz CT molecular complexity index is 449. The number of benzene rings is 1. The molecule has 1 N–H and O–H groups in total. The number of hydrogen-bond acceptors (Lipinski definition) is 3. The van der Waals surface area contributed by atoms with Crippen molar-refractivity contribution in [3.05, 3.63) is 25.1 Å². The molecule has 0 fully saturated rings. The van der Waals surface area contributed by atoms with E-state index < -0.39 is 12.1 Å². The number of aliphatic hydroxyl groups excluding tert-OH is 1. The maximum atomic E-state index is 11.2. The summed E-state index contributed by atoms with van der Waals surface area (Å²) in [4.78, 5) is 11.2. The first-order valence-corrected chi connectivity index (χ1v) is 6.07. The van der Waals surface area contributed by atoms with Crippen molar-refractivity contribution in [1.82, 2.24) is 0 Å². The molecule has 1 rings (SSSR count). The zero-order valence-corrected chi connectivity index (χ0v) is 12.0. The van der Waals surface area contributed by atoms with Crippen molar-refractivity contribution in [1.29, 1.82) is 0 Å². The molecule has 98 valence electrons. The number of esters is 1. The van der Waals surface area contributed by atoms with E-state index in [9.17, 15) is 4.79 Å². The Hall–Kier alpha value is 1.36. The predicted molar refractivity (Wildman–Crippen MR) is 77.4 cm³/mol. The monoisotopic (exact) mass is 378 g/mol. The first kappa shape index (κ1) is 19.4. The van der Waals surface area contributed by atoms with Crippen LogP contribution in [0.4, 0.5) is 0 Å². The van der Waals surface area contributed by atoms with Gasteiger partial charge in [-0.1, -0.05) is 58.0 Å². The zero-order chi connectivity index (χ0) is 13.3. The fourth-order valence-electron chi connectivity index (χ4n) is 0.860. The summed E-state index contributed by atoms with van der Waals surface area (Å²) in [5.41, 5.74) is 0. The quantitative estimate of drug-likeness (QED) is 0.281. The van der Waals surface area contributed by atoms with Gasteiger partial charge in [0.1, 0.15) is 16.1 Å². The third kappa shape index (κ3) is 4.17. The molecule has 1 aromatic rings. The fourth-order valence-corrected chi connectivity index (χ4v) is 2.06. The predicted octanol–water partition coefficient (Wildman–Crippen LogP) is 3.32. The van der Waals surface area contributed by atoms with Crippen LogP contribution >= 0.6 is 58.0 Å². The summed E-state index contributed by atoms with van der Waals surface area (Å²) in [5.74, 6) is -1.18. The molecule has 0 saturated carbocycles. The van der Waals surface area contributed by atoms with Crippen LogP contribution in [-0.2, 0) is 4.79 Å². The number of carbonyl (C=O) groups is 1. The van der Waals surface area contributed by atoms with Gasteiger partial charge in [-0.2, -0.15) is 0 Å². The number of aliphatic hydroxyl groups is 1. The molecule has 0 aliphatic carbocycles. The Morgan fingerprint density at radius 1 is 1.00 bits per heavy atom. The first-order valence-electron chi connectivity index (χ1n) is 4.18.